The van der Waals surface area contributed by atoms with Crippen molar-refractivity contribution in [2.24, 2.45) is 12.0 Å². The maximum Gasteiger partial charge on any atom is 0.191 e. The quantitative estimate of drug-likeness (QED) is 0.253. The maximum atomic E-state index is 5.75. The van der Waals surface area contributed by atoms with Crippen molar-refractivity contribution in [3.63, 3.8) is 0 Å². The Hall–Kier alpha value is -1.77. The number of aromatic nitrogens is 2. The molecule has 0 fully saturated rings. The van der Waals surface area contributed by atoms with E-state index in [1.54, 1.807) is 0 Å². The van der Waals surface area contributed by atoms with Crippen molar-refractivity contribution >= 4 is 29.9 Å². The molecule has 0 amide bonds. The van der Waals surface area contributed by atoms with Gasteiger partial charge in [-0.1, -0.05) is 17.7 Å². The van der Waals surface area contributed by atoms with Gasteiger partial charge >= 0.3 is 0 Å². The summed E-state index contributed by atoms with van der Waals surface area (Å²) in [4.78, 5) is 4.63. The number of aryl methyl sites for hydroxylation is 3. The Balaban J connectivity index is 0.00000392. The van der Waals surface area contributed by atoms with Crippen LogP contribution in [0.25, 0.3) is 0 Å². The van der Waals surface area contributed by atoms with E-state index < -0.39 is 0 Å². The Morgan fingerprint density at radius 1 is 1.21 bits per heavy atom. The predicted octanol–water partition coefficient (Wildman–Crippen LogP) is 3.53. The fourth-order valence-electron chi connectivity index (χ4n) is 2.98. The van der Waals surface area contributed by atoms with Gasteiger partial charge in [-0.15, -0.1) is 24.0 Å². The second-order valence-corrected chi connectivity index (χ2v) is 6.94. The molecule has 0 saturated carbocycles. The Kier molecular flexibility index (Phi) is 10.3. The Bertz CT molecular complexity index is 755. The second-order valence-electron chi connectivity index (χ2n) is 6.94. The molecule has 28 heavy (non-hydrogen) atoms. The summed E-state index contributed by atoms with van der Waals surface area (Å²) in [6.45, 7) is 12.5. The topological polar surface area (TPSA) is 63.5 Å². The van der Waals surface area contributed by atoms with Crippen LogP contribution in [0.5, 0.6) is 5.75 Å². The zero-order valence-corrected chi connectivity index (χ0v) is 20.2. The minimum Gasteiger partial charge on any atom is -0.492 e. The highest BCUT2D eigenvalue weighted by molar-refractivity contribution is 14.0. The van der Waals surface area contributed by atoms with Crippen molar-refractivity contribution in [1.29, 1.82) is 0 Å². The number of nitrogens with one attached hydrogen (secondary N) is 2. The molecule has 0 aliphatic carbocycles. The highest BCUT2D eigenvalue weighted by atomic mass is 127. The van der Waals surface area contributed by atoms with Crippen molar-refractivity contribution in [2.45, 2.75) is 47.1 Å². The summed E-state index contributed by atoms with van der Waals surface area (Å²) in [5, 5.41) is 11.3. The number of hydrogen-bond acceptors (Lipinski definition) is 3. The van der Waals surface area contributed by atoms with Crippen molar-refractivity contribution in [3.05, 3.63) is 46.8 Å². The maximum absolute atomic E-state index is 5.75. The minimum atomic E-state index is 0. The molecule has 1 aromatic carbocycles. The molecule has 0 radical (unpaired) electrons. The molecule has 0 aliphatic heterocycles. The zero-order valence-electron chi connectivity index (χ0n) is 17.9. The third-order valence-corrected chi connectivity index (χ3v) is 4.55. The van der Waals surface area contributed by atoms with E-state index in [1.165, 1.54) is 16.8 Å². The van der Waals surface area contributed by atoms with Gasteiger partial charge in [0.1, 0.15) is 12.4 Å². The third-order valence-electron chi connectivity index (χ3n) is 4.55. The summed E-state index contributed by atoms with van der Waals surface area (Å²) in [5.41, 5.74) is 4.84. The second kappa shape index (κ2) is 11.9. The number of rotatable bonds is 8. The number of halogens is 1. The van der Waals surface area contributed by atoms with Crippen LogP contribution in [0.2, 0.25) is 0 Å². The number of hydrogen-bond donors (Lipinski definition) is 2. The van der Waals surface area contributed by atoms with Gasteiger partial charge in [0.15, 0.2) is 5.96 Å². The molecular formula is C21H34IN5O. The number of guanidine groups is 1. The van der Waals surface area contributed by atoms with Crippen molar-refractivity contribution in [2.75, 3.05) is 19.7 Å². The number of aliphatic imine (C=N–C) groups is 1. The monoisotopic (exact) mass is 499 g/mol. The Morgan fingerprint density at radius 2 is 1.89 bits per heavy atom. The van der Waals surface area contributed by atoms with Gasteiger partial charge in [0.2, 0.25) is 0 Å². The molecule has 2 rings (SSSR count). The number of nitrogens with zero attached hydrogens (tertiary/aromatic N) is 3. The molecule has 6 nitrogen and oxygen atoms in total. The Labute approximate surface area is 186 Å². The lowest BCUT2D eigenvalue weighted by molar-refractivity contribution is 0.328. The van der Waals surface area contributed by atoms with Crippen molar-refractivity contribution in [1.82, 2.24) is 20.4 Å². The fourth-order valence-corrected chi connectivity index (χ4v) is 2.98. The molecule has 0 bridgehead atoms. The smallest absolute Gasteiger partial charge is 0.191 e. The van der Waals surface area contributed by atoms with E-state index in [2.05, 4.69) is 55.3 Å². The van der Waals surface area contributed by atoms with Crippen LogP contribution in [0.3, 0.4) is 0 Å². The molecular weight excluding hydrogens is 465 g/mol. The van der Waals surface area contributed by atoms with Gasteiger partial charge in [-0.25, -0.2) is 4.99 Å². The van der Waals surface area contributed by atoms with E-state index in [4.69, 9.17) is 4.74 Å². The lowest BCUT2D eigenvalue weighted by Gasteiger charge is -2.18. The first kappa shape index (κ1) is 24.3. The minimum absolute atomic E-state index is 0. The first-order chi connectivity index (χ1) is 12.9. The van der Waals surface area contributed by atoms with Gasteiger partial charge in [-0.05, 0) is 58.7 Å². The van der Waals surface area contributed by atoms with Gasteiger partial charge in [0.05, 0.1) is 12.2 Å². The summed E-state index contributed by atoms with van der Waals surface area (Å²) in [5.74, 6) is 1.70. The van der Waals surface area contributed by atoms with Gasteiger partial charge in [-0.2, -0.15) is 5.10 Å². The van der Waals surface area contributed by atoms with Crippen LogP contribution in [0.15, 0.2) is 29.3 Å². The van der Waals surface area contributed by atoms with Crippen LogP contribution in [-0.2, 0) is 13.5 Å². The van der Waals surface area contributed by atoms with Crippen molar-refractivity contribution in [3.8, 4) is 5.75 Å². The van der Waals surface area contributed by atoms with E-state index >= 15 is 0 Å². The van der Waals surface area contributed by atoms with Gasteiger partial charge in [-0.3, -0.25) is 4.68 Å². The van der Waals surface area contributed by atoms with Crippen LogP contribution < -0.4 is 15.4 Å². The summed E-state index contributed by atoms with van der Waals surface area (Å²) < 4.78 is 7.69. The third kappa shape index (κ3) is 7.33. The molecule has 1 heterocycles. The lowest BCUT2D eigenvalue weighted by Crippen LogP contribution is -2.43. The van der Waals surface area contributed by atoms with Gasteiger partial charge < -0.3 is 15.4 Å². The van der Waals surface area contributed by atoms with E-state index in [0.717, 1.165) is 30.4 Å². The molecule has 156 valence electrons. The molecule has 2 aromatic rings. The van der Waals surface area contributed by atoms with Crippen LogP contribution in [-0.4, -0.2) is 41.5 Å². The Morgan fingerprint density at radius 3 is 2.46 bits per heavy atom. The highest BCUT2D eigenvalue weighted by Crippen LogP contribution is 2.14. The van der Waals surface area contributed by atoms with Crippen LogP contribution >= 0.6 is 24.0 Å². The lowest BCUT2D eigenvalue weighted by atomic mass is 10.1. The molecule has 2 N–H and O–H groups in total. The molecule has 1 aromatic heterocycles. The SMILES string of the molecule is CCNC(=NCCOc1ccc(C)cc1)NC(C)Cc1c(C)nn(C)c1C.I. The number of benzene rings is 1. The number of ether oxygens (including phenoxy) is 1. The largest absolute Gasteiger partial charge is 0.492 e. The summed E-state index contributed by atoms with van der Waals surface area (Å²) >= 11 is 0. The van der Waals surface area contributed by atoms with Gasteiger partial charge in [0, 0.05) is 25.3 Å². The predicted molar refractivity (Wildman–Crippen MR) is 127 cm³/mol. The molecule has 1 unspecified atom stereocenters. The van der Waals surface area contributed by atoms with Crippen molar-refractivity contribution < 1.29 is 4.74 Å². The van der Waals surface area contributed by atoms with E-state index in [9.17, 15) is 0 Å². The van der Waals surface area contributed by atoms with Gasteiger partial charge in [0.25, 0.3) is 0 Å². The van der Waals surface area contributed by atoms with Crippen LogP contribution in [0.4, 0.5) is 0 Å². The first-order valence-corrected chi connectivity index (χ1v) is 9.64. The first-order valence-electron chi connectivity index (χ1n) is 9.64. The molecule has 0 aliphatic rings. The summed E-state index contributed by atoms with van der Waals surface area (Å²) in [7, 11) is 1.99. The zero-order chi connectivity index (χ0) is 19.8. The van der Waals surface area contributed by atoms with E-state index in [1.807, 2.05) is 36.0 Å². The molecule has 1 atom stereocenters. The molecule has 0 spiro atoms. The average molecular weight is 499 g/mol. The molecule has 0 saturated heterocycles. The van der Waals surface area contributed by atoms with Crippen LogP contribution in [0.1, 0.15) is 36.4 Å². The normalized spacial score (nSPS) is 12.3. The molecule has 7 heteroatoms. The standard InChI is InChI=1S/C21H33N5O.HI/c1-7-22-21(23-12-13-27-19-10-8-15(2)9-11-19)24-16(3)14-20-17(4)25-26(6)18(20)5;/h8-11,16H,7,12-14H2,1-6H3,(H2,22,23,24);1H. The van der Waals surface area contributed by atoms with Crippen LogP contribution in [0, 0.1) is 20.8 Å². The van der Waals surface area contributed by atoms with E-state index in [-0.39, 0.29) is 30.0 Å². The fraction of sp³-hybridized carbons (Fsp3) is 0.524. The highest BCUT2D eigenvalue weighted by Gasteiger charge is 2.13. The van der Waals surface area contributed by atoms with E-state index in [0.29, 0.717) is 13.2 Å². The summed E-state index contributed by atoms with van der Waals surface area (Å²) in [6, 6.07) is 8.33. The average Bonchev–Trinajstić information content (AvgIpc) is 2.86. The summed E-state index contributed by atoms with van der Waals surface area (Å²) in [6.07, 6.45) is 0.912.